The van der Waals surface area contributed by atoms with Gasteiger partial charge in [-0.1, -0.05) is 16.8 Å². The van der Waals surface area contributed by atoms with Gasteiger partial charge in [-0.05, 0) is 25.1 Å². The van der Waals surface area contributed by atoms with Gasteiger partial charge in [0.2, 0.25) is 0 Å². The quantitative estimate of drug-likeness (QED) is 0.805. The molecule has 2 amide bonds. The zero-order chi connectivity index (χ0) is 15.4. The highest BCUT2D eigenvalue weighted by Crippen LogP contribution is 2.23. The maximum Gasteiger partial charge on any atom is 0.335 e. The number of hydrogen-bond acceptors (Lipinski definition) is 4. The number of nitrogens with one attached hydrogen (secondary N) is 2. The number of carboxylic acids is 1. The molecule has 1 heterocycles. The van der Waals surface area contributed by atoms with Crippen LogP contribution in [-0.4, -0.2) is 22.3 Å². The number of anilines is 1. The summed E-state index contributed by atoms with van der Waals surface area (Å²) in [4.78, 5) is 22.5. The molecule has 0 unspecified atom stereocenters. The molecule has 1 aromatic heterocycles. The van der Waals surface area contributed by atoms with Gasteiger partial charge >= 0.3 is 12.0 Å². The first-order valence-electron chi connectivity index (χ1n) is 5.95. The smallest absolute Gasteiger partial charge is 0.335 e. The summed E-state index contributed by atoms with van der Waals surface area (Å²) in [5.41, 5.74) is 1.08. The van der Waals surface area contributed by atoms with Crippen LogP contribution in [0.5, 0.6) is 0 Å². The Morgan fingerprint density at radius 3 is 2.71 bits per heavy atom. The predicted octanol–water partition coefficient (Wildman–Crippen LogP) is 2.66. The summed E-state index contributed by atoms with van der Waals surface area (Å²) < 4.78 is 4.95. The van der Waals surface area contributed by atoms with Crippen molar-refractivity contribution in [3.63, 3.8) is 0 Å². The third kappa shape index (κ3) is 3.96. The minimum absolute atomic E-state index is 0.0445. The molecule has 0 aliphatic rings. The first-order chi connectivity index (χ1) is 9.95. The number of halogens is 1. The number of carbonyl (C=O) groups excluding carboxylic acids is 1. The van der Waals surface area contributed by atoms with E-state index in [1.165, 1.54) is 18.2 Å². The Morgan fingerprint density at radius 2 is 2.14 bits per heavy atom. The summed E-state index contributed by atoms with van der Waals surface area (Å²) >= 11 is 5.90. The Morgan fingerprint density at radius 1 is 1.38 bits per heavy atom. The largest absolute Gasteiger partial charge is 0.478 e. The Labute approximate surface area is 124 Å². The topological polar surface area (TPSA) is 104 Å². The van der Waals surface area contributed by atoms with E-state index in [2.05, 4.69) is 15.8 Å². The number of carboxylic acid groups (broad SMARTS) is 1. The normalized spacial score (nSPS) is 10.2. The number of rotatable bonds is 4. The zero-order valence-corrected chi connectivity index (χ0v) is 11.8. The number of benzene rings is 1. The molecule has 0 saturated heterocycles. The van der Waals surface area contributed by atoms with Crippen LogP contribution >= 0.6 is 11.6 Å². The first-order valence-corrected chi connectivity index (χ1v) is 6.33. The predicted molar refractivity (Wildman–Crippen MR) is 75.5 cm³/mol. The van der Waals surface area contributed by atoms with Crippen molar-refractivity contribution in [2.24, 2.45) is 0 Å². The molecule has 0 aliphatic heterocycles. The monoisotopic (exact) mass is 309 g/mol. The molecule has 8 heteroatoms. The molecule has 21 heavy (non-hydrogen) atoms. The highest BCUT2D eigenvalue weighted by atomic mass is 35.5. The molecule has 110 valence electrons. The Balaban J connectivity index is 1.94. The van der Waals surface area contributed by atoms with Gasteiger partial charge in [0.05, 0.1) is 28.5 Å². The van der Waals surface area contributed by atoms with E-state index in [9.17, 15) is 9.59 Å². The van der Waals surface area contributed by atoms with Gasteiger partial charge in [0, 0.05) is 6.07 Å². The number of amides is 2. The van der Waals surface area contributed by atoms with E-state index in [1.54, 1.807) is 13.0 Å². The molecule has 3 N–H and O–H groups in total. The molecular formula is C13H12ClN3O4. The lowest BCUT2D eigenvalue weighted by Gasteiger charge is -2.08. The molecular weight excluding hydrogens is 298 g/mol. The molecule has 0 saturated carbocycles. The standard InChI is InChI=1S/C13H12ClN3O4/c1-7-4-9(21-17-7)6-15-13(20)16-11-3-2-8(12(18)19)5-10(11)14/h2-5H,6H2,1H3,(H,18,19)(H2,15,16,20). The van der Waals surface area contributed by atoms with Crippen LogP contribution < -0.4 is 10.6 Å². The number of aryl methyl sites for hydroxylation is 1. The van der Waals surface area contributed by atoms with Crippen molar-refractivity contribution >= 4 is 29.3 Å². The van der Waals surface area contributed by atoms with Crippen molar-refractivity contribution in [3.05, 3.63) is 46.3 Å². The maximum atomic E-state index is 11.7. The number of aromatic nitrogens is 1. The second-order valence-corrected chi connectivity index (χ2v) is 4.65. The number of aromatic carboxylic acids is 1. The van der Waals surface area contributed by atoms with Gasteiger partial charge in [0.1, 0.15) is 0 Å². The van der Waals surface area contributed by atoms with Crippen LogP contribution in [0.4, 0.5) is 10.5 Å². The van der Waals surface area contributed by atoms with Crippen molar-refractivity contribution < 1.29 is 19.2 Å². The fraction of sp³-hybridized carbons (Fsp3) is 0.154. The second-order valence-electron chi connectivity index (χ2n) is 4.24. The average molecular weight is 310 g/mol. The molecule has 0 spiro atoms. The summed E-state index contributed by atoms with van der Waals surface area (Å²) in [5, 5.41) is 17.7. The lowest BCUT2D eigenvalue weighted by atomic mass is 10.2. The molecule has 0 atom stereocenters. The molecule has 7 nitrogen and oxygen atoms in total. The third-order valence-corrected chi connectivity index (χ3v) is 2.88. The van der Waals surface area contributed by atoms with E-state index < -0.39 is 12.0 Å². The Bertz CT molecular complexity index is 684. The number of carbonyl (C=O) groups is 2. The average Bonchev–Trinajstić information content (AvgIpc) is 2.84. The zero-order valence-electron chi connectivity index (χ0n) is 11.0. The molecule has 0 radical (unpaired) electrons. The minimum Gasteiger partial charge on any atom is -0.478 e. The first kappa shape index (κ1) is 14.9. The van der Waals surface area contributed by atoms with Crippen LogP contribution in [0.1, 0.15) is 21.8 Å². The highest BCUT2D eigenvalue weighted by Gasteiger charge is 2.10. The number of nitrogens with zero attached hydrogens (tertiary/aromatic N) is 1. The van der Waals surface area contributed by atoms with E-state index in [0.29, 0.717) is 11.4 Å². The van der Waals surface area contributed by atoms with Crippen LogP contribution in [0.15, 0.2) is 28.8 Å². The van der Waals surface area contributed by atoms with Crippen LogP contribution in [0.3, 0.4) is 0 Å². The minimum atomic E-state index is -1.09. The fourth-order valence-corrected chi connectivity index (χ4v) is 1.81. The van der Waals surface area contributed by atoms with E-state index in [0.717, 1.165) is 5.69 Å². The molecule has 0 bridgehead atoms. The SMILES string of the molecule is Cc1cc(CNC(=O)Nc2ccc(C(=O)O)cc2Cl)on1. The Hall–Kier alpha value is -2.54. The lowest BCUT2D eigenvalue weighted by molar-refractivity contribution is 0.0697. The molecule has 0 aliphatic carbocycles. The molecule has 1 aromatic carbocycles. The van der Waals surface area contributed by atoms with Gasteiger partial charge in [0.25, 0.3) is 0 Å². The van der Waals surface area contributed by atoms with Crippen LogP contribution in [0, 0.1) is 6.92 Å². The van der Waals surface area contributed by atoms with Crippen molar-refractivity contribution in [2.75, 3.05) is 5.32 Å². The summed E-state index contributed by atoms with van der Waals surface area (Å²) in [6.45, 7) is 1.95. The van der Waals surface area contributed by atoms with E-state index >= 15 is 0 Å². The molecule has 0 fully saturated rings. The van der Waals surface area contributed by atoms with E-state index in [-0.39, 0.29) is 17.1 Å². The van der Waals surface area contributed by atoms with Crippen molar-refractivity contribution in [3.8, 4) is 0 Å². The van der Waals surface area contributed by atoms with Crippen LogP contribution in [0.2, 0.25) is 5.02 Å². The van der Waals surface area contributed by atoms with Crippen LogP contribution in [0.25, 0.3) is 0 Å². The van der Waals surface area contributed by atoms with Gasteiger partial charge in [-0.25, -0.2) is 9.59 Å². The van der Waals surface area contributed by atoms with Crippen LogP contribution in [-0.2, 0) is 6.54 Å². The maximum absolute atomic E-state index is 11.7. The summed E-state index contributed by atoms with van der Waals surface area (Å²) in [6.07, 6.45) is 0. The van der Waals surface area contributed by atoms with Crippen molar-refractivity contribution in [2.45, 2.75) is 13.5 Å². The summed E-state index contributed by atoms with van der Waals surface area (Å²) in [6, 6.07) is 5.25. The van der Waals surface area contributed by atoms with E-state index in [4.69, 9.17) is 21.2 Å². The number of urea groups is 1. The van der Waals surface area contributed by atoms with Gasteiger partial charge in [-0.2, -0.15) is 0 Å². The molecule has 2 rings (SSSR count). The summed E-state index contributed by atoms with van der Waals surface area (Å²) in [5.74, 6) is -0.566. The van der Waals surface area contributed by atoms with Gasteiger partial charge in [-0.3, -0.25) is 0 Å². The fourth-order valence-electron chi connectivity index (χ4n) is 1.58. The van der Waals surface area contributed by atoms with Crippen molar-refractivity contribution in [1.82, 2.24) is 10.5 Å². The highest BCUT2D eigenvalue weighted by molar-refractivity contribution is 6.34. The number of hydrogen-bond donors (Lipinski definition) is 3. The molecule has 2 aromatic rings. The van der Waals surface area contributed by atoms with Gasteiger partial charge in [-0.15, -0.1) is 0 Å². The van der Waals surface area contributed by atoms with Crippen molar-refractivity contribution in [1.29, 1.82) is 0 Å². The van der Waals surface area contributed by atoms with E-state index in [1.807, 2.05) is 0 Å². The third-order valence-electron chi connectivity index (χ3n) is 2.56. The Kier molecular flexibility index (Phi) is 4.44. The lowest BCUT2D eigenvalue weighted by Crippen LogP contribution is -2.28. The van der Waals surface area contributed by atoms with Gasteiger partial charge < -0.3 is 20.3 Å². The van der Waals surface area contributed by atoms with Gasteiger partial charge in [0.15, 0.2) is 5.76 Å². The second kappa shape index (κ2) is 6.27. The summed E-state index contributed by atoms with van der Waals surface area (Å²) in [7, 11) is 0.